The van der Waals surface area contributed by atoms with Gasteiger partial charge in [0.25, 0.3) is 5.91 Å². The van der Waals surface area contributed by atoms with Crippen molar-refractivity contribution in [3.63, 3.8) is 0 Å². The van der Waals surface area contributed by atoms with Crippen LogP contribution in [0.5, 0.6) is 0 Å². The molecule has 0 fully saturated rings. The van der Waals surface area contributed by atoms with Crippen molar-refractivity contribution in [2.45, 2.75) is 20.3 Å². The molecule has 1 amide bonds. The van der Waals surface area contributed by atoms with E-state index in [0.717, 1.165) is 23.1 Å². The average molecular weight is 491 g/mol. The first-order chi connectivity index (χ1) is 16.4. The van der Waals surface area contributed by atoms with Crippen molar-refractivity contribution in [3.8, 4) is 22.8 Å². The second-order valence-electron chi connectivity index (χ2n) is 7.90. The van der Waals surface area contributed by atoms with E-state index in [1.54, 1.807) is 30.3 Å². The Morgan fingerprint density at radius 3 is 2.65 bits per heavy atom. The summed E-state index contributed by atoms with van der Waals surface area (Å²) in [4.78, 5) is 17.5. The van der Waals surface area contributed by atoms with Gasteiger partial charge in [-0.15, -0.1) is 0 Å². The second-order valence-corrected chi connectivity index (χ2v) is 8.71. The number of aryl methyl sites for hydroxylation is 1. The predicted octanol–water partition coefficient (Wildman–Crippen LogP) is 8.18. The molecule has 5 nitrogen and oxygen atoms in total. The number of nitrogens with one attached hydrogen (secondary N) is 1. The summed E-state index contributed by atoms with van der Waals surface area (Å²) in [7, 11) is 0. The first kappa shape index (κ1) is 22.3. The molecule has 7 heteroatoms. The fourth-order valence-electron chi connectivity index (χ4n) is 3.73. The van der Waals surface area contributed by atoms with E-state index < -0.39 is 5.91 Å². The molecule has 0 bridgehead atoms. The molecule has 170 valence electrons. The highest BCUT2D eigenvalue weighted by molar-refractivity contribution is 6.34. The Balaban J connectivity index is 1.41. The first-order valence-electron chi connectivity index (χ1n) is 10.8. The van der Waals surface area contributed by atoms with Crippen LogP contribution in [0.1, 0.15) is 28.6 Å². The van der Waals surface area contributed by atoms with Crippen molar-refractivity contribution < 1.29 is 13.6 Å². The third-order valence-electron chi connectivity index (χ3n) is 5.68. The number of hydrogen-bond acceptors (Lipinski definition) is 4. The van der Waals surface area contributed by atoms with E-state index >= 15 is 0 Å². The van der Waals surface area contributed by atoms with Gasteiger partial charge in [0.05, 0.1) is 10.7 Å². The highest BCUT2D eigenvalue weighted by Gasteiger charge is 2.17. The van der Waals surface area contributed by atoms with Crippen molar-refractivity contribution in [1.29, 1.82) is 0 Å². The van der Waals surface area contributed by atoms with Crippen LogP contribution in [-0.2, 0) is 6.42 Å². The lowest BCUT2D eigenvalue weighted by molar-refractivity contribution is 0.0997. The van der Waals surface area contributed by atoms with Gasteiger partial charge in [-0.2, -0.15) is 0 Å². The van der Waals surface area contributed by atoms with Gasteiger partial charge in [-0.1, -0.05) is 48.3 Å². The number of fused-ring (bicyclic) bond motifs is 1. The third-order valence-corrected chi connectivity index (χ3v) is 6.42. The molecule has 2 heterocycles. The van der Waals surface area contributed by atoms with Crippen LogP contribution in [-0.4, -0.2) is 10.9 Å². The molecule has 0 aliphatic heterocycles. The van der Waals surface area contributed by atoms with Gasteiger partial charge in [0.2, 0.25) is 5.89 Å². The van der Waals surface area contributed by atoms with E-state index in [1.807, 2.05) is 43.3 Å². The quantitative estimate of drug-likeness (QED) is 0.269. The van der Waals surface area contributed by atoms with Gasteiger partial charge in [0.15, 0.2) is 11.3 Å². The van der Waals surface area contributed by atoms with Gasteiger partial charge in [-0.3, -0.25) is 4.79 Å². The summed E-state index contributed by atoms with van der Waals surface area (Å²) in [6, 6.07) is 20.1. The maximum Gasteiger partial charge on any atom is 0.291 e. The van der Waals surface area contributed by atoms with Crippen LogP contribution >= 0.6 is 23.2 Å². The van der Waals surface area contributed by atoms with Crippen LogP contribution in [0.2, 0.25) is 10.0 Å². The van der Waals surface area contributed by atoms with E-state index in [0.29, 0.717) is 38.5 Å². The van der Waals surface area contributed by atoms with E-state index in [1.165, 1.54) is 5.56 Å². The number of nitrogens with zero attached hydrogens (tertiary/aromatic N) is 1. The highest BCUT2D eigenvalue weighted by atomic mass is 35.5. The van der Waals surface area contributed by atoms with Crippen molar-refractivity contribution in [1.82, 2.24) is 4.98 Å². The molecule has 0 aliphatic rings. The number of halogens is 2. The number of benzene rings is 3. The highest BCUT2D eigenvalue weighted by Crippen LogP contribution is 2.32. The summed E-state index contributed by atoms with van der Waals surface area (Å²) < 4.78 is 11.7. The van der Waals surface area contributed by atoms with Gasteiger partial charge in [0, 0.05) is 16.1 Å². The average Bonchev–Trinajstić information content (AvgIpc) is 3.49. The Labute approximate surface area is 206 Å². The minimum Gasteiger partial charge on any atom is -0.451 e. The predicted molar refractivity (Wildman–Crippen MR) is 136 cm³/mol. The largest absolute Gasteiger partial charge is 0.451 e. The number of carbonyl (C=O) groups is 1. The van der Waals surface area contributed by atoms with Crippen molar-refractivity contribution in [2.24, 2.45) is 0 Å². The summed E-state index contributed by atoms with van der Waals surface area (Å²) >= 11 is 12.6. The molecule has 0 radical (unpaired) electrons. The van der Waals surface area contributed by atoms with Crippen LogP contribution < -0.4 is 5.32 Å². The number of rotatable bonds is 5. The zero-order chi connectivity index (χ0) is 23.8. The number of aromatic nitrogens is 1. The molecular weight excluding hydrogens is 471 g/mol. The minimum absolute atomic E-state index is 0.157. The first-order valence-corrected chi connectivity index (χ1v) is 11.5. The molecule has 0 saturated carbocycles. The SMILES string of the molecule is CCc1ccc2oc(-c3ccc(Cl)c(NC(=O)c4ccc(-c5cccc(Cl)c5C)o4)c3)nc2c1. The zero-order valence-electron chi connectivity index (χ0n) is 18.5. The Morgan fingerprint density at radius 1 is 0.971 bits per heavy atom. The normalized spacial score (nSPS) is 11.2. The van der Waals surface area contributed by atoms with Crippen molar-refractivity contribution in [2.75, 3.05) is 5.32 Å². The molecule has 0 saturated heterocycles. The maximum atomic E-state index is 12.9. The van der Waals surface area contributed by atoms with E-state index in [-0.39, 0.29) is 5.76 Å². The molecule has 3 aromatic carbocycles. The number of anilines is 1. The lowest BCUT2D eigenvalue weighted by Gasteiger charge is -2.07. The van der Waals surface area contributed by atoms with Crippen LogP contribution in [0.15, 0.2) is 75.6 Å². The van der Waals surface area contributed by atoms with Crippen LogP contribution in [0.3, 0.4) is 0 Å². The number of furan rings is 1. The fraction of sp³-hybridized carbons (Fsp3) is 0.111. The number of amides is 1. The topological polar surface area (TPSA) is 68.3 Å². The second kappa shape index (κ2) is 9.01. The van der Waals surface area contributed by atoms with Crippen molar-refractivity contribution >= 4 is 45.9 Å². The van der Waals surface area contributed by atoms with E-state index in [2.05, 4.69) is 17.2 Å². The van der Waals surface area contributed by atoms with Gasteiger partial charge in [0.1, 0.15) is 11.3 Å². The Morgan fingerprint density at radius 2 is 1.82 bits per heavy atom. The standard InChI is InChI=1S/C27H20Cl2N2O3/c1-3-16-7-10-24-22(13-16)31-27(34-24)17-8-9-20(29)21(14-17)30-26(32)25-12-11-23(33-25)18-5-4-6-19(28)15(18)2/h4-14H,3H2,1-2H3,(H,30,32). The molecule has 0 aliphatic carbocycles. The molecule has 2 aromatic heterocycles. The Bertz CT molecular complexity index is 1530. The Kier molecular flexibility index (Phi) is 5.90. The minimum atomic E-state index is -0.421. The molecule has 0 unspecified atom stereocenters. The van der Waals surface area contributed by atoms with Crippen molar-refractivity contribution in [3.05, 3.63) is 93.7 Å². The summed E-state index contributed by atoms with van der Waals surface area (Å²) in [6.45, 7) is 3.99. The molecule has 5 rings (SSSR count). The molecular formula is C27H20Cl2N2O3. The summed E-state index contributed by atoms with van der Waals surface area (Å²) in [6.07, 6.45) is 0.917. The van der Waals surface area contributed by atoms with E-state index in [4.69, 9.17) is 32.0 Å². The number of carbonyl (C=O) groups excluding carboxylic acids is 1. The third kappa shape index (κ3) is 4.20. The molecule has 0 spiro atoms. The van der Waals surface area contributed by atoms with Crippen LogP contribution in [0.4, 0.5) is 5.69 Å². The molecule has 1 N–H and O–H groups in total. The van der Waals surface area contributed by atoms with Gasteiger partial charge in [-0.05, 0) is 73.0 Å². The summed E-state index contributed by atoms with van der Waals surface area (Å²) in [5.41, 5.74) is 5.50. The number of hydrogen-bond donors (Lipinski definition) is 1. The summed E-state index contributed by atoms with van der Waals surface area (Å²) in [5.74, 6) is 0.745. The van der Waals surface area contributed by atoms with Gasteiger partial charge >= 0.3 is 0 Å². The molecule has 34 heavy (non-hydrogen) atoms. The summed E-state index contributed by atoms with van der Waals surface area (Å²) in [5, 5.41) is 3.84. The Hall–Kier alpha value is -3.54. The van der Waals surface area contributed by atoms with Gasteiger partial charge in [-0.25, -0.2) is 4.98 Å². The fourth-order valence-corrected chi connectivity index (χ4v) is 4.07. The lowest BCUT2D eigenvalue weighted by Crippen LogP contribution is -2.11. The molecule has 0 atom stereocenters. The lowest BCUT2D eigenvalue weighted by atomic mass is 10.1. The number of oxazole rings is 1. The maximum absolute atomic E-state index is 12.9. The van der Waals surface area contributed by atoms with Gasteiger partial charge < -0.3 is 14.2 Å². The van der Waals surface area contributed by atoms with Crippen LogP contribution in [0.25, 0.3) is 33.9 Å². The smallest absolute Gasteiger partial charge is 0.291 e. The van der Waals surface area contributed by atoms with E-state index in [9.17, 15) is 4.79 Å². The van der Waals surface area contributed by atoms with Crippen LogP contribution in [0, 0.1) is 6.92 Å². The zero-order valence-corrected chi connectivity index (χ0v) is 20.0. The monoisotopic (exact) mass is 490 g/mol. The molecule has 5 aromatic rings.